The number of hydrogen-bond acceptors (Lipinski definition) is 1. The van der Waals surface area contributed by atoms with E-state index in [2.05, 4.69) is 6.58 Å². The van der Waals surface area contributed by atoms with Gasteiger partial charge >= 0.3 is 0 Å². The van der Waals surface area contributed by atoms with Crippen molar-refractivity contribution in [3.63, 3.8) is 0 Å². The fraction of sp³-hybridized carbons (Fsp3) is 0.154. The second kappa shape index (κ2) is 3.93. The molecule has 0 saturated heterocycles. The Bertz CT molecular complexity index is 613. The highest BCUT2D eigenvalue weighted by Crippen LogP contribution is 2.20. The highest BCUT2D eigenvalue weighted by atomic mass is 19.1. The van der Waals surface area contributed by atoms with Crippen LogP contribution in [0.4, 0.5) is 4.39 Å². The van der Waals surface area contributed by atoms with Crippen molar-refractivity contribution in [3.05, 3.63) is 58.7 Å². The Morgan fingerprint density at radius 2 is 2.06 bits per heavy atom. The summed E-state index contributed by atoms with van der Waals surface area (Å²) in [6.45, 7) is 3.60. The lowest BCUT2D eigenvalue weighted by molar-refractivity contribution is 0.615. The van der Waals surface area contributed by atoms with Gasteiger partial charge in [0.05, 0.1) is 5.52 Å². The summed E-state index contributed by atoms with van der Waals surface area (Å²) in [5.41, 5.74) is 1.03. The molecule has 1 aromatic heterocycles. The van der Waals surface area contributed by atoms with Crippen LogP contribution >= 0.6 is 0 Å². The molecule has 0 saturated carbocycles. The molecule has 2 aromatic rings. The summed E-state index contributed by atoms with van der Waals surface area (Å²) >= 11 is 0. The summed E-state index contributed by atoms with van der Waals surface area (Å²) in [6.07, 6.45) is 2.05. The summed E-state index contributed by atoms with van der Waals surface area (Å²) in [5.74, 6) is -0.298. The number of nitrogens with zero attached hydrogens (tertiary/aromatic N) is 1. The first kappa shape index (κ1) is 10.6. The second-order valence-corrected chi connectivity index (χ2v) is 3.69. The zero-order chi connectivity index (χ0) is 11.7. The SMILES string of the molecule is C=CCc1c(F)ccc2ccc(=O)n(C)c12. The van der Waals surface area contributed by atoms with Crippen molar-refractivity contribution in [1.29, 1.82) is 0 Å². The number of aromatic nitrogens is 1. The van der Waals surface area contributed by atoms with Crippen molar-refractivity contribution < 1.29 is 4.39 Å². The maximum Gasteiger partial charge on any atom is 0.250 e. The average molecular weight is 217 g/mol. The van der Waals surface area contributed by atoms with Crippen molar-refractivity contribution in [3.8, 4) is 0 Å². The van der Waals surface area contributed by atoms with E-state index in [-0.39, 0.29) is 11.4 Å². The predicted molar refractivity (Wildman–Crippen MR) is 63.0 cm³/mol. The largest absolute Gasteiger partial charge is 0.311 e. The third-order valence-corrected chi connectivity index (χ3v) is 2.68. The summed E-state index contributed by atoms with van der Waals surface area (Å²) in [5, 5.41) is 0.861. The lowest BCUT2D eigenvalue weighted by atomic mass is 10.1. The van der Waals surface area contributed by atoms with Gasteiger partial charge in [-0.3, -0.25) is 4.79 Å². The molecule has 16 heavy (non-hydrogen) atoms. The van der Waals surface area contributed by atoms with Gasteiger partial charge in [-0.15, -0.1) is 6.58 Å². The van der Waals surface area contributed by atoms with Crippen LogP contribution in [0, 0.1) is 5.82 Å². The first-order chi connectivity index (χ1) is 7.65. The van der Waals surface area contributed by atoms with Gasteiger partial charge in [0.1, 0.15) is 5.82 Å². The molecule has 0 unspecified atom stereocenters. The molecule has 2 rings (SSSR count). The molecule has 82 valence electrons. The van der Waals surface area contributed by atoms with Gasteiger partial charge in [0.2, 0.25) is 0 Å². The van der Waals surface area contributed by atoms with Crippen molar-refractivity contribution in [1.82, 2.24) is 4.57 Å². The highest BCUT2D eigenvalue weighted by Gasteiger charge is 2.09. The molecule has 0 atom stereocenters. The molecule has 0 aliphatic rings. The van der Waals surface area contributed by atoms with E-state index in [1.807, 2.05) is 0 Å². The number of hydrogen-bond donors (Lipinski definition) is 0. The van der Waals surface area contributed by atoms with E-state index in [1.54, 1.807) is 25.3 Å². The van der Waals surface area contributed by atoms with Gasteiger partial charge in [0, 0.05) is 18.7 Å². The zero-order valence-electron chi connectivity index (χ0n) is 9.03. The van der Waals surface area contributed by atoms with Gasteiger partial charge in [-0.2, -0.15) is 0 Å². The van der Waals surface area contributed by atoms with Crippen LogP contribution in [0.1, 0.15) is 5.56 Å². The van der Waals surface area contributed by atoms with Crippen LogP contribution in [0.25, 0.3) is 10.9 Å². The minimum atomic E-state index is -0.298. The summed E-state index contributed by atoms with van der Waals surface area (Å²) in [4.78, 5) is 11.5. The Hall–Kier alpha value is -1.90. The smallest absolute Gasteiger partial charge is 0.250 e. The number of rotatable bonds is 2. The van der Waals surface area contributed by atoms with Gasteiger partial charge in [0.15, 0.2) is 0 Å². The monoisotopic (exact) mass is 217 g/mol. The summed E-state index contributed by atoms with van der Waals surface area (Å²) in [7, 11) is 1.65. The van der Waals surface area contributed by atoms with Crippen LogP contribution < -0.4 is 5.56 Å². The third kappa shape index (κ3) is 1.54. The molecule has 0 fully saturated rings. The van der Waals surface area contributed by atoms with E-state index in [4.69, 9.17) is 0 Å². The second-order valence-electron chi connectivity index (χ2n) is 3.69. The van der Waals surface area contributed by atoms with E-state index < -0.39 is 0 Å². The van der Waals surface area contributed by atoms with Crippen molar-refractivity contribution in [2.24, 2.45) is 7.05 Å². The topological polar surface area (TPSA) is 22.0 Å². The van der Waals surface area contributed by atoms with Crippen LogP contribution in [0.2, 0.25) is 0 Å². The molecule has 0 bridgehead atoms. The molecule has 0 aliphatic carbocycles. The first-order valence-electron chi connectivity index (χ1n) is 5.03. The van der Waals surface area contributed by atoms with Gasteiger partial charge < -0.3 is 4.57 Å². The van der Waals surface area contributed by atoms with Crippen molar-refractivity contribution >= 4 is 10.9 Å². The van der Waals surface area contributed by atoms with E-state index >= 15 is 0 Å². The fourth-order valence-corrected chi connectivity index (χ4v) is 1.88. The standard InChI is InChI=1S/C13H12FNO/c1-3-4-10-11(14)7-5-9-6-8-12(16)15(2)13(9)10/h3,5-8H,1,4H2,2H3. The van der Waals surface area contributed by atoms with Gasteiger partial charge in [0.25, 0.3) is 5.56 Å². The number of allylic oxidation sites excluding steroid dienone is 1. The minimum absolute atomic E-state index is 0.136. The molecule has 0 aliphatic heterocycles. The average Bonchev–Trinajstić information content (AvgIpc) is 2.27. The molecule has 1 aromatic carbocycles. The van der Waals surface area contributed by atoms with Crippen LogP contribution in [-0.2, 0) is 13.5 Å². The summed E-state index contributed by atoms with van der Waals surface area (Å²) in [6, 6.07) is 6.30. The Labute approximate surface area is 92.6 Å². The molecule has 2 nitrogen and oxygen atoms in total. The molecular formula is C13H12FNO. The first-order valence-corrected chi connectivity index (χ1v) is 5.03. The van der Waals surface area contributed by atoms with Crippen molar-refractivity contribution in [2.75, 3.05) is 0 Å². The van der Waals surface area contributed by atoms with E-state index in [9.17, 15) is 9.18 Å². The maximum absolute atomic E-state index is 13.7. The molecular weight excluding hydrogens is 205 g/mol. The third-order valence-electron chi connectivity index (χ3n) is 2.68. The number of aryl methyl sites for hydroxylation is 1. The number of benzene rings is 1. The predicted octanol–water partition coefficient (Wildman–Crippen LogP) is 2.41. The fourth-order valence-electron chi connectivity index (χ4n) is 1.88. The zero-order valence-corrected chi connectivity index (χ0v) is 9.03. The van der Waals surface area contributed by atoms with Gasteiger partial charge in [-0.05, 0) is 30.0 Å². The molecule has 0 spiro atoms. The Balaban J connectivity index is 2.94. The van der Waals surface area contributed by atoms with E-state index in [0.29, 0.717) is 17.5 Å². The maximum atomic E-state index is 13.7. The molecule has 0 N–H and O–H groups in total. The highest BCUT2D eigenvalue weighted by molar-refractivity contribution is 5.82. The van der Waals surface area contributed by atoms with Gasteiger partial charge in [-0.25, -0.2) is 4.39 Å². The van der Waals surface area contributed by atoms with Crippen LogP contribution in [0.5, 0.6) is 0 Å². The lowest BCUT2D eigenvalue weighted by Gasteiger charge is -2.09. The Kier molecular flexibility index (Phi) is 2.60. The lowest BCUT2D eigenvalue weighted by Crippen LogP contribution is -2.16. The van der Waals surface area contributed by atoms with Crippen LogP contribution in [-0.4, -0.2) is 4.57 Å². The number of pyridine rings is 1. The Morgan fingerprint density at radius 3 is 2.75 bits per heavy atom. The van der Waals surface area contributed by atoms with Gasteiger partial charge in [-0.1, -0.05) is 6.08 Å². The Morgan fingerprint density at radius 1 is 1.38 bits per heavy atom. The molecule has 0 radical (unpaired) electrons. The van der Waals surface area contributed by atoms with E-state index in [1.165, 1.54) is 16.7 Å². The van der Waals surface area contributed by atoms with Crippen LogP contribution in [0.3, 0.4) is 0 Å². The molecule has 3 heteroatoms. The normalized spacial score (nSPS) is 10.6. The minimum Gasteiger partial charge on any atom is -0.311 e. The molecule has 1 heterocycles. The summed E-state index contributed by atoms with van der Waals surface area (Å²) < 4.78 is 15.1. The van der Waals surface area contributed by atoms with E-state index in [0.717, 1.165) is 5.39 Å². The number of halogens is 1. The number of fused-ring (bicyclic) bond motifs is 1. The van der Waals surface area contributed by atoms with Crippen LogP contribution in [0.15, 0.2) is 41.7 Å². The quantitative estimate of drug-likeness (QED) is 0.708. The molecule has 0 amide bonds. The van der Waals surface area contributed by atoms with Crippen molar-refractivity contribution in [2.45, 2.75) is 6.42 Å².